The fraction of sp³-hybridized carbons (Fsp3) is 0.235. The molecule has 3 aromatic rings. The maximum absolute atomic E-state index is 5.38. The van der Waals surface area contributed by atoms with Gasteiger partial charge < -0.3 is 19.4 Å². The normalized spacial score (nSPS) is 14.6. The lowest BCUT2D eigenvalue weighted by Crippen LogP contribution is -2.36. The van der Waals surface area contributed by atoms with Gasteiger partial charge in [-0.15, -0.1) is 0 Å². The third-order valence-electron chi connectivity index (χ3n) is 3.81. The summed E-state index contributed by atoms with van der Waals surface area (Å²) in [5.74, 6) is 2.19. The highest BCUT2D eigenvalue weighted by molar-refractivity contribution is 5.66. The third kappa shape index (κ3) is 3.21. The van der Waals surface area contributed by atoms with Gasteiger partial charge in [0, 0.05) is 30.5 Å². The minimum absolute atomic E-state index is 0.564. The molecular weight excluding hydrogens is 306 g/mol. The van der Waals surface area contributed by atoms with Crippen LogP contribution in [-0.4, -0.2) is 41.3 Å². The van der Waals surface area contributed by atoms with Crippen LogP contribution in [0, 0.1) is 0 Å². The van der Waals surface area contributed by atoms with Gasteiger partial charge in [0.15, 0.2) is 12.2 Å². The predicted octanol–water partition coefficient (Wildman–Crippen LogP) is 2.71. The summed E-state index contributed by atoms with van der Waals surface area (Å²) in [7, 11) is 0. The number of nitrogens with one attached hydrogen (secondary N) is 1. The Labute approximate surface area is 139 Å². The highest BCUT2D eigenvalue weighted by Gasteiger charge is 2.13. The van der Waals surface area contributed by atoms with Gasteiger partial charge in [0.05, 0.1) is 19.4 Å². The van der Waals surface area contributed by atoms with Crippen LogP contribution < -0.4 is 10.2 Å². The van der Waals surface area contributed by atoms with E-state index in [0.717, 1.165) is 49.1 Å². The van der Waals surface area contributed by atoms with Crippen molar-refractivity contribution in [1.29, 1.82) is 0 Å². The second-order valence-corrected chi connectivity index (χ2v) is 5.41. The standard InChI is InChI=1S/C17H17N5O2/c1-2-13(15-11-18-12-24-15)10-14(3-1)20-17-19-5-4-16(21-17)22-6-8-23-9-7-22/h1-5,10-12H,6-9H2,(H,19,20,21). The smallest absolute Gasteiger partial charge is 0.229 e. The lowest BCUT2D eigenvalue weighted by molar-refractivity contribution is 0.122. The van der Waals surface area contributed by atoms with E-state index in [1.54, 1.807) is 12.4 Å². The number of rotatable bonds is 4. The lowest BCUT2D eigenvalue weighted by Gasteiger charge is -2.27. The molecule has 4 rings (SSSR count). The van der Waals surface area contributed by atoms with Crippen molar-refractivity contribution in [2.75, 3.05) is 36.5 Å². The van der Waals surface area contributed by atoms with Gasteiger partial charge in [-0.2, -0.15) is 4.98 Å². The van der Waals surface area contributed by atoms with E-state index < -0.39 is 0 Å². The molecule has 0 radical (unpaired) electrons. The molecule has 1 N–H and O–H groups in total. The number of anilines is 3. The molecule has 1 fully saturated rings. The minimum Gasteiger partial charge on any atom is -0.444 e. The van der Waals surface area contributed by atoms with Crippen LogP contribution >= 0.6 is 0 Å². The second kappa shape index (κ2) is 6.67. The SMILES string of the molecule is c1cc(Nc2nccc(N3CCOCC3)n2)cc(-c2cnco2)c1. The van der Waals surface area contributed by atoms with Gasteiger partial charge in [-0.1, -0.05) is 12.1 Å². The van der Waals surface area contributed by atoms with Crippen LogP contribution in [-0.2, 0) is 4.74 Å². The van der Waals surface area contributed by atoms with E-state index in [2.05, 4.69) is 25.2 Å². The van der Waals surface area contributed by atoms with E-state index in [1.807, 2.05) is 30.3 Å². The van der Waals surface area contributed by atoms with Gasteiger partial charge in [0.2, 0.25) is 5.95 Å². The molecule has 0 unspecified atom stereocenters. The van der Waals surface area contributed by atoms with E-state index in [9.17, 15) is 0 Å². The van der Waals surface area contributed by atoms with Gasteiger partial charge >= 0.3 is 0 Å². The molecule has 1 aromatic carbocycles. The summed E-state index contributed by atoms with van der Waals surface area (Å²) >= 11 is 0. The van der Waals surface area contributed by atoms with Gasteiger partial charge in [0.1, 0.15) is 5.82 Å². The van der Waals surface area contributed by atoms with Crippen LogP contribution in [0.4, 0.5) is 17.5 Å². The minimum atomic E-state index is 0.564. The molecule has 2 aromatic heterocycles. The van der Waals surface area contributed by atoms with Gasteiger partial charge in [-0.25, -0.2) is 9.97 Å². The number of morpholine rings is 1. The average Bonchev–Trinajstić information content (AvgIpc) is 3.18. The maximum atomic E-state index is 5.38. The number of benzene rings is 1. The van der Waals surface area contributed by atoms with E-state index in [0.29, 0.717) is 5.95 Å². The van der Waals surface area contributed by atoms with E-state index in [4.69, 9.17) is 9.15 Å². The first kappa shape index (κ1) is 14.6. The Balaban J connectivity index is 1.54. The highest BCUT2D eigenvalue weighted by Crippen LogP contribution is 2.24. The zero-order chi connectivity index (χ0) is 16.2. The zero-order valence-electron chi connectivity index (χ0n) is 13.1. The fourth-order valence-corrected chi connectivity index (χ4v) is 2.62. The molecule has 3 heterocycles. The van der Waals surface area contributed by atoms with Crippen molar-refractivity contribution in [2.24, 2.45) is 0 Å². The van der Waals surface area contributed by atoms with Gasteiger partial charge in [-0.05, 0) is 18.2 Å². The van der Waals surface area contributed by atoms with Gasteiger partial charge in [-0.3, -0.25) is 0 Å². The topological polar surface area (TPSA) is 76.3 Å². The van der Waals surface area contributed by atoms with Crippen molar-refractivity contribution < 1.29 is 9.15 Å². The van der Waals surface area contributed by atoms with Crippen molar-refractivity contribution in [2.45, 2.75) is 0 Å². The van der Waals surface area contributed by atoms with Crippen LogP contribution in [0.25, 0.3) is 11.3 Å². The Kier molecular flexibility index (Phi) is 4.07. The molecule has 0 spiro atoms. The molecule has 1 aliphatic heterocycles. The van der Waals surface area contributed by atoms with Gasteiger partial charge in [0.25, 0.3) is 0 Å². The largest absolute Gasteiger partial charge is 0.444 e. The molecule has 24 heavy (non-hydrogen) atoms. The van der Waals surface area contributed by atoms with Crippen LogP contribution in [0.2, 0.25) is 0 Å². The molecular formula is C17H17N5O2. The summed E-state index contributed by atoms with van der Waals surface area (Å²) in [4.78, 5) is 15.0. The molecule has 7 nitrogen and oxygen atoms in total. The Morgan fingerprint density at radius 2 is 2.04 bits per heavy atom. The molecule has 1 aliphatic rings. The van der Waals surface area contributed by atoms with Crippen LogP contribution in [0.3, 0.4) is 0 Å². The molecule has 0 aliphatic carbocycles. The third-order valence-corrected chi connectivity index (χ3v) is 3.81. The van der Waals surface area contributed by atoms with Crippen molar-refractivity contribution in [3.63, 3.8) is 0 Å². The van der Waals surface area contributed by atoms with Crippen molar-refractivity contribution in [3.05, 3.63) is 49.1 Å². The van der Waals surface area contributed by atoms with Crippen LogP contribution in [0.1, 0.15) is 0 Å². The summed E-state index contributed by atoms with van der Waals surface area (Å²) in [5.41, 5.74) is 1.84. The Bertz CT molecular complexity index is 800. The van der Waals surface area contributed by atoms with Crippen molar-refractivity contribution in [3.8, 4) is 11.3 Å². The second-order valence-electron chi connectivity index (χ2n) is 5.41. The summed E-state index contributed by atoms with van der Waals surface area (Å²) in [5, 5.41) is 3.24. The first-order valence-electron chi connectivity index (χ1n) is 7.80. The first-order chi connectivity index (χ1) is 11.9. The zero-order valence-corrected chi connectivity index (χ0v) is 13.1. The maximum Gasteiger partial charge on any atom is 0.229 e. The number of ether oxygens (including phenoxy) is 1. The highest BCUT2D eigenvalue weighted by atomic mass is 16.5. The molecule has 122 valence electrons. The van der Waals surface area contributed by atoms with Crippen molar-refractivity contribution in [1.82, 2.24) is 15.0 Å². The molecule has 0 amide bonds. The molecule has 0 atom stereocenters. The van der Waals surface area contributed by atoms with E-state index in [1.165, 1.54) is 6.39 Å². The molecule has 0 saturated carbocycles. The monoisotopic (exact) mass is 323 g/mol. The number of aromatic nitrogens is 3. The fourth-order valence-electron chi connectivity index (χ4n) is 2.62. The first-order valence-corrected chi connectivity index (χ1v) is 7.80. The average molecular weight is 323 g/mol. The molecule has 0 bridgehead atoms. The summed E-state index contributed by atoms with van der Waals surface area (Å²) in [6, 6.07) is 9.78. The van der Waals surface area contributed by atoms with E-state index >= 15 is 0 Å². The number of nitrogens with zero attached hydrogens (tertiary/aromatic N) is 4. The van der Waals surface area contributed by atoms with E-state index in [-0.39, 0.29) is 0 Å². The van der Waals surface area contributed by atoms with Crippen molar-refractivity contribution >= 4 is 17.5 Å². The van der Waals surface area contributed by atoms with Crippen LogP contribution in [0.15, 0.2) is 53.5 Å². The van der Waals surface area contributed by atoms with Crippen LogP contribution in [0.5, 0.6) is 0 Å². The number of hydrogen-bond acceptors (Lipinski definition) is 7. The summed E-state index contributed by atoms with van der Waals surface area (Å²) in [6.45, 7) is 3.15. The number of hydrogen-bond donors (Lipinski definition) is 1. The summed E-state index contributed by atoms with van der Waals surface area (Å²) < 4.78 is 10.7. The molecule has 7 heteroatoms. The predicted molar refractivity (Wildman–Crippen MR) is 90.3 cm³/mol. The Morgan fingerprint density at radius 1 is 1.12 bits per heavy atom. The quantitative estimate of drug-likeness (QED) is 0.791. The molecule has 1 saturated heterocycles. The Hall–Kier alpha value is -2.93. The lowest BCUT2D eigenvalue weighted by atomic mass is 10.1. The summed E-state index contributed by atoms with van der Waals surface area (Å²) in [6.07, 6.45) is 4.87. The number of oxazole rings is 1. The Morgan fingerprint density at radius 3 is 2.88 bits per heavy atom.